The zero-order valence-electron chi connectivity index (χ0n) is 27.0. The van der Waals surface area contributed by atoms with Crippen molar-refractivity contribution in [3.8, 4) is 5.75 Å². The smallest absolute Gasteiger partial charge is 0.481 e. The van der Waals surface area contributed by atoms with Crippen LogP contribution in [0, 0.1) is 23.2 Å². The Bertz CT molecular complexity index is 1370. The van der Waals surface area contributed by atoms with Crippen LogP contribution in [0.4, 0.5) is 0 Å². The third-order valence-corrected chi connectivity index (χ3v) is 10.6. The van der Waals surface area contributed by atoms with Crippen LogP contribution < -0.4 is 10.1 Å². The van der Waals surface area contributed by atoms with E-state index in [9.17, 15) is 4.79 Å². The quantitative estimate of drug-likeness (QED) is 0.311. The predicted octanol–water partition coefficient (Wildman–Crippen LogP) is 5.77. The molecular formula is C35H47BN2O6. The number of hydrogen-bond acceptors (Lipinski definition) is 7. The van der Waals surface area contributed by atoms with Crippen molar-refractivity contribution in [3.05, 3.63) is 65.7 Å². The molecule has 9 heteroatoms. The molecular weight excluding hydrogens is 555 g/mol. The summed E-state index contributed by atoms with van der Waals surface area (Å²) in [7, 11) is 1.14. The Kier molecular flexibility index (Phi) is 8.59. The molecule has 0 aromatic heterocycles. The number of carbonyl (C=O) groups excluding carboxylic acids is 1. The lowest BCUT2D eigenvalue weighted by Crippen LogP contribution is -2.65. The van der Waals surface area contributed by atoms with Gasteiger partial charge in [0.15, 0.2) is 0 Å². The van der Waals surface area contributed by atoms with Gasteiger partial charge >= 0.3 is 7.12 Å². The molecule has 4 fully saturated rings. The molecule has 3 aliphatic carbocycles. The summed E-state index contributed by atoms with van der Waals surface area (Å²) in [6, 6.07) is 17.7. The van der Waals surface area contributed by atoms with Crippen molar-refractivity contribution in [2.45, 2.75) is 96.6 Å². The molecule has 3 saturated carbocycles. The molecule has 0 radical (unpaired) electrons. The third kappa shape index (κ3) is 5.91. The van der Waals surface area contributed by atoms with E-state index in [4.69, 9.17) is 23.6 Å². The van der Waals surface area contributed by atoms with E-state index in [1.165, 1.54) is 6.42 Å². The van der Waals surface area contributed by atoms with E-state index in [1.54, 1.807) is 7.11 Å². The summed E-state index contributed by atoms with van der Waals surface area (Å²) in [5.74, 6) is 1.72. The Morgan fingerprint density at radius 3 is 2.57 bits per heavy atom. The van der Waals surface area contributed by atoms with E-state index in [2.05, 4.69) is 45.1 Å². The van der Waals surface area contributed by atoms with Gasteiger partial charge in [-0.3, -0.25) is 4.79 Å². The topological polar surface area (TPSA) is 87.6 Å². The van der Waals surface area contributed by atoms with Crippen molar-refractivity contribution in [1.82, 2.24) is 5.32 Å². The molecule has 2 heterocycles. The number of nitrogens with zero attached hydrogens (tertiary/aromatic N) is 1. The SMILES string of the molecule is COc1cccc(COCC2=NOC(Cc3ccccc3)(C(=O)N[C@@H](CC(C)C)B3O[C@@H]4C[C@@H]5C[C@@H](C5(C)C)[C@]4(C)O3)C2)c1. The average molecular weight is 603 g/mol. The minimum Gasteiger partial charge on any atom is -0.497 e. The van der Waals surface area contributed by atoms with Gasteiger partial charge in [0.25, 0.3) is 5.91 Å². The minimum atomic E-state index is -1.19. The molecule has 5 aliphatic rings. The first kappa shape index (κ1) is 31.1. The number of rotatable bonds is 12. The largest absolute Gasteiger partial charge is 0.497 e. The van der Waals surface area contributed by atoms with E-state index in [0.717, 1.165) is 29.7 Å². The molecule has 236 valence electrons. The first-order valence-electron chi connectivity index (χ1n) is 16.1. The number of amides is 1. The van der Waals surface area contributed by atoms with Gasteiger partial charge in [-0.1, -0.05) is 75.3 Å². The maximum atomic E-state index is 14.3. The summed E-state index contributed by atoms with van der Waals surface area (Å²) in [5.41, 5.74) is 1.43. The second kappa shape index (κ2) is 12.1. The van der Waals surface area contributed by atoms with Crippen LogP contribution in [0.1, 0.15) is 71.4 Å². The minimum absolute atomic E-state index is 0.0496. The molecule has 1 N–H and O–H groups in total. The second-order valence-corrected chi connectivity index (χ2v) is 14.5. The Morgan fingerprint density at radius 1 is 1.07 bits per heavy atom. The van der Waals surface area contributed by atoms with Gasteiger partial charge in [0, 0.05) is 12.8 Å². The number of methoxy groups -OCH3 is 1. The lowest BCUT2D eigenvalue weighted by Gasteiger charge is -2.64. The highest BCUT2D eigenvalue weighted by Crippen LogP contribution is 2.65. The van der Waals surface area contributed by atoms with Gasteiger partial charge < -0.3 is 28.9 Å². The molecule has 1 unspecified atom stereocenters. The summed E-state index contributed by atoms with van der Waals surface area (Å²) in [6.07, 6.45) is 3.70. The molecule has 1 amide bonds. The third-order valence-electron chi connectivity index (χ3n) is 10.6. The van der Waals surface area contributed by atoms with Gasteiger partial charge in [-0.15, -0.1) is 0 Å². The fourth-order valence-electron chi connectivity index (χ4n) is 8.01. The highest BCUT2D eigenvalue weighted by atomic mass is 16.7. The lowest BCUT2D eigenvalue weighted by molar-refractivity contribution is -0.199. The first-order valence-corrected chi connectivity index (χ1v) is 16.1. The number of oxime groups is 1. The van der Waals surface area contributed by atoms with Gasteiger partial charge in [0.2, 0.25) is 5.60 Å². The fourth-order valence-corrected chi connectivity index (χ4v) is 8.01. The zero-order chi connectivity index (χ0) is 31.1. The van der Waals surface area contributed by atoms with Crippen LogP contribution >= 0.6 is 0 Å². The van der Waals surface area contributed by atoms with Crippen molar-refractivity contribution >= 4 is 18.7 Å². The van der Waals surface area contributed by atoms with Crippen molar-refractivity contribution < 1.29 is 28.4 Å². The Labute approximate surface area is 262 Å². The van der Waals surface area contributed by atoms with Gasteiger partial charge in [-0.05, 0) is 72.6 Å². The lowest BCUT2D eigenvalue weighted by atomic mass is 9.43. The molecule has 1 saturated heterocycles. The zero-order valence-corrected chi connectivity index (χ0v) is 27.0. The van der Waals surface area contributed by atoms with Gasteiger partial charge in [0.1, 0.15) is 5.75 Å². The van der Waals surface area contributed by atoms with Crippen molar-refractivity contribution in [1.29, 1.82) is 0 Å². The Hall–Kier alpha value is -2.88. The first-order chi connectivity index (χ1) is 21.0. The summed E-state index contributed by atoms with van der Waals surface area (Å²) in [6.45, 7) is 11.9. The highest BCUT2D eigenvalue weighted by Gasteiger charge is 2.68. The van der Waals surface area contributed by atoms with Crippen molar-refractivity contribution in [2.75, 3.05) is 13.7 Å². The molecule has 44 heavy (non-hydrogen) atoms. The molecule has 2 bridgehead atoms. The maximum absolute atomic E-state index is 14.3. The number of ether oxygens (including phenoxy) is 2. The molecule has 8 nitrogen and oxygen atoms in total. The van der Waals surface area contributed by atoms with Crippen LogP contribution in [0.25, 0.3) is 0 Å². The van der Waals surface area contributed by atoms with E-state index in [0.29, 0.717) is 42.9 Å². The predicted molar refractivity (Wildman–Crippen MR) is 170 cm³/mol. The van der Waals surface area contributed by atoms with Crippen LogP contribution in [-0.2, 0) is 36.7 Å². The van der Waals surface area contributed by atoms with E-state index >= 15 is 0 Å². The summed E-state index contributed by atoms with van der Waals surface area (Å²) < 4.78 is 24.8. The molecule has 7 rings (SSSR count). The van der Waals surface area contributed by atoms with Crippen LogP contribution in [0.2, 0.25) is 0 Å². The molecule has 2 aromatic carbocycles. The van der Waals surface area contributed by atoms with Gasteiger partial charge in [-0.25, -0.2) is 0 Å². The van der Waals surface area contributed by atoms with E-state index < -0.39 is 12.7 Å². The van der Waals surface area contributed by atoms with Crippen LogP contribution in [-0.4, -0.2) is 55.7 Å². The number of nitrogens with one attached hydrogen (secondary N) is 1. The van der Waals surface area contributed by atoms with Crippen molar-refractivity contribution in [2.24, 2.45) is 28.3 Å². The standard InChI is InChI=1S/C35H47BN2O6/c1-23(2)15-31(36-42-30-18-26-17-29(33(26,3)4)34(30,5)43-36)37-32(39)35(19-24-11-8-7-9-12-24)20-27(38-44-35)22-41-21-25-13-10-14-28(16-25)40-6/h7-14,16,23,26,29-31H,15,17-22H2,1-6H3,(H,37,39)/t26-,29-,30+,31-,34-,35?/m0/s1. The fraction of sp³-hybridized carbons (Fsp3) is 0.600. The number of carbonyl (C=O) groups is 1. The highest BCUT2D eigenvalue weighted by molar-refractivity contribution is 6.48. The normalized spacial score (nSPS) is 30.7. The number of benzene rings is 2. The molecule has 0 spiro atoms. The van der Waals surface area contributed by atoms with E-state index in [1.807, 2.05) is 54.6 Å². The monoisotopic (exact) mass is 602 g/mol. The average Bonchev–Trinajstić information content (AvgIpc) is 3.58. The Balaban J connectivity index is 1.16. The summed E-state index contributed by atoms with van der Waals surface area (Å²) >= 11 is 0. The summed E-state index contributed by atoms with van der Waals surface area (Å²) in [5, 5.41) is 7.72. The van der Waals surface area contributed by atoms with Gasteiger partial charge in [-0.2, -0.15) is 0 Å². The van der Waals surface area contributed by atoms with Crippen LogP contribution in [0.15, 0.2) is 59.8 Å². The van der Waals surface area contributed by atoms with E-state index in [-0.39, 0.29) is 35.6 Å². The van der Waals surface area contributed by atoms with Crippen LogP contribution in [0.3, 0.4) is 0 Å². The van der Waals surface area contributed by atoms with Crippen LogP contribution in [0.5, 0.6) is 5.75 Å². The Morgan fingerprint density at radius 2 is 1.84 bits per heavy atom. The maximum Gasteiger partial charge on any atom is 0.481 e. The number of hydrogen-bond donors (Lipinski definition) is 1. The van der Waals surface area contributed by atoms with Gasteiger partial charge in [0.05, 0.1) is 43.7 Å². The molecule has 2 aliphatic heterocycles. The second-order valence-electron chi connectivity index (χ2n) is 14.5. The molecule has 6 atom stereocenters. The van der Waals surface area contributed by atoms with Crippen molar-refractivity contribution in [3.63, 3.8) is 0 Å². The molecule has 2 aromatic rings. The summed E-state index contributed by atoms with van der Waals surface area (Å²) in [4.78, 5) is 20.4.